The summed E-state index contributed by atoms with van der Waals surface area (Å²) in [6, 6.07) is 7.63. The van der Waals surface area contributed by atoms with Crippen LogP contribution in [0.5, 0.6) is 5.75 Å². The third kappa shape index (κ3) is 3.97. The first kappa shape index (κ1) is 15.4. The van der Waals surface area contributed by atoms with Crippen LogP contribution in [0.1, 0.15) is 33.1 Å². The first-order chi connectivity index (χ1) is 10.1. The highest BCUT2D eigenvalue weighted by Crippen LogP contribution is 2.31. The minimum Gasteiger partial charge on any atom is -0.490 e. The van der Waals surface area contributed by atoms with Gasteiger partial charge in [0.05, 0.1) is 12.2 Å². The van der Waals surface area contributed by atoms with Crippen LogP contribution in [0.25, 0.3) is 0 Å². The number of hydrogen-bond acceptors (Lipinski definition) is 3. The molecule has 0 spiro atoms. The number of hydrogen-bond donors (Lipinski definition) is 1. The number of ether oxygens (including phenoxy) is 1. The van der Waals surface area contributed by atoms with Gasteiger partial charge < -0.3 is 15.0 Å². The number of para-hydroxylation sites is 2. The number of fused-ring (bicyclic) bond motifs is 1. The molecule has 1 N–H and O–H groups in total. The maximum Gasteiger partial charge on any atom is 0.227 e. The van der Waals surface area contributed by atoms with Gasteiger partial charge >= 0.3 is 0 Å². The molecule has 0 radical (unpaired) electrons. The molecule has 2 rings (SSSR count). The van der Waals surface area contributed by atoms with Gasteiger partial charge in [-0.05, 0) is 25.5 Å². The first-order valence-electron chi connectivity index (χ1n) is 7.43. The van der Waals surface area contributed by atoms with Gasteiger partial charge in [-0.1, -0.05) is 19.1 Å². The summed E-state index contributed by atoms with van der Waals surface area (Å²) in [6.07, 6.45) is 1.33. The van der Waals surface area contributed by atoms with E-state index in [2.05, 4.69) is 5.32 Å². The fourth-order valence-corrected chi connectivity index (χ4v) is 2.23. The van der Waals surface area contributed by atoms with E-state index in [0.29, 0.717) is 13.2 Å². The van der Waals surface area contributed by atoms with Gasteiger partial charge in [-0.3, -0.25) is 9.59 Å². The number of carbonyl (C=O) groups is 2. The Morgan fingerprint density at radius 3 is 2.86 bits per heavy atom. The van der Waals surface area contributed by atoms with Gasteiger partial charge in [0, 0.05) is 18.9 Å². The molecule has 0 aliphatic carbocycles. The van der Waals surface area contributed by atoms with Crippen molar-refractivity contribution < 1.29 is 14.3 Å². The Morgan fingerprint density at radius 2 is 2.10 bits per heavy atom. The average Bonchev–Trinajstić information content (AvgIpc) is 2.51. The monoisotopic (exact) mass is 290 g/mol. The fourth-order valence-electron chi connectivity index (χ4n) is 2.23. The van der Waals surface area contributed by atoms with Gasteiger partial charge in [0.15, 0.2) is 0 Å². The predicted octanol–water partition coefficient (Wildman–Crippen LogP) is 2.11. The van der Waals surface area contributed by atoms with Crippen molar-refractivity contribution in [1.29, 1.82) is 0 Å². The second kappa shape index (κ2) is 7.11. The maximum absolute atomic E-state index is 12.3. The Bertz CT molecular complexity index is 516. The van der Waals surface area contributed by atoms with Crippen LogP contribution in [-0.2, 0) is 9.59 Å². The van der Waals surface area contributed by atoms with Crippen molar-refractivity contribution in [3.63, 3.8) is 0 Å². The maximum atomic E-state index is 12.3. The second-order valence-corrected chi connectivity index (χ2v) is 5.24. The van der Waals surface area contributed by atoms with E-state index in [9.17, 15) is 9.59 Å². The van der Waals surface area contributed by atoms with Crippen LogP contribution in [0.3, 0.4) is 0 Å². The number of carbonyl (C=O) groups excluding carboxylic acids is 2. The number of nitrogens with one attached hydrogen (secondary N) is 1. The highest BCUT2D eigenvalue weighted by atomic mass is 16.5. The lowest BCUT2D eigenvalue weighted by Gasteiger charge is -2.29. The molecule has 114 valence electrons. The quantitative estimate of drug-likeness (QED) is 0.903. The molecular weight excluding hydrogens is 268 g/mol. The summed E-state index contributed by atoms with van der Waals surface area (Å²) >= 11 is 0. The van der Waals surface area contributed by atoms with E-state index < -0.39 is 0 Å². The highest BCUT2D eigenvalue weighted by Gasteiger charge is 2.23. The van der Waals surface area contributed by atoms with E-state index in [4.69, 9.17) is 4.74 Å². The Kier molecular flexibility index (Phi) is 5.20. The first-order valence-corrected chi connectivity index (χ1v) is 7.43. The molecule has 2 amide bonds. The van der Waals surface area contributed by atoms with Gasteiger partial charge in [-0.15, -0.1) is 0 Å². The summed E-state index contributed by atoms with van der Waals surface area (Å²) < 4.78 is 5.52. The van der Waals surface area contributed by atoms with Crippen molar-refractivity contribution in [2.45, 2.75) is 39.2 Å². The average molecular weight is 290 g/mol. The number of benzene rings is 1. The minimum atomic E-state index is -0.0701. The molecule has 1 aliphatic heterocycles. The number of amides is 2. The molecule has 1 aromatic rings. The Labute approximate surface area is 125 Å². The molecule has 1 heterocycles. The molecule has 1 atom stereocenters. The Morgan fingerprint density at radius 1 is 1.33 bits per heavy atom. The lowest BCUT2D eigenvalue weighted by Crippen LogP contribution is -2.39. The summed E-state index contributed by atoms with van der Waals surface area (Å²) in [5, 5.41) is 2.87. The molecule has 0 saturated carbocycles. The molecule has 5 heteroatoms. The summed E-state index contributed by atoms with van der Waals surface area (Å²) in [4.78, 5) is 25.8. The van der Waals surface area contributed by atoms with E-state index in [1.165, 1.54) is 0 Å². The summed E-state index contributed by atoms with van der Waals surface area (Å²) in [6.45, 7) is 4.99. The van der Waals surface area contributed by atoms with Crippen molar-refractivity contribution in [3.05, 3.63) is 24.3 Å². The van der Waals surface area contributed by atoms with Crippen molar-refractivity contribution in [1.82, 2.24) is 5.32 Å². The molecule has 0 saturated heterocycles. The van der Waals surface area contributed by atoms with Gasteiger partial charge in [0.2, 0.25) is 11.8 Å². The normalized spacial score (nSPS) is 14.9. The van der Waals surface area contributed by atoms with E-state index in [1.54, 1.807) is 4.90 Å². The Hall–Kier alpha value is -2.04. The van der Waals surface area contributed by atoms with Crippen LogP contribution in [-0.4, -0.2) is 31.0 Å². The van der Waals surface area contributed by atoms with Crippen molar-refractivity contribution in [3.8, 4) is 5.75 Å². The molecule has 0 fully saturated rings. The smallest absolute Gasteiger partial charge is 0.227 e. The van der Waals surface area contributed by atoms with Gasteiger partial charge in [0.25, 0.3) is 0 Å². The third-order valence-electron chi connectivity index (χ3n) is 3.62. The fraction of sp³-hybridized carbons (Fsp3) is 0.500. The molecule has 0 bridgehead atoms. The second-order valence-electron chi connectivity index (χ2n) is 5.24. The van der Waals surface area contributed by atoms with E-state index in [-0.39, 0.29) is 30.7 Å². The number of anilines is 1. The zero-order valence-electron chi connectivity index (χ0n) is 12.6. The Balaban J connectivity index is 1.91. The van der Waals surface area contributed by atoms with Crippen molar-refractivity contribution in [2.75, 3.05) is 18.1 Å². The molecule has 0 aromatic heterocycles. The number of rotatable bonds is 5. The summed E-state index contributed by atoms with van der Waals surface area (Å²) in [5.41, 5.74) is 0.788. The minimum absolute atomic E-state index is 0.0370. The number of nitrogens with zero attached hydrogens (tertiary/aromatic N) is 1. The summed E-state index contributed by atoms with van der Waals surface area (Å²) in [5.74, 6) is 0.616. The SMILES string of the molecule is CCC(C)NC(=O)CCC(=O)N1CCOc2ccccc21. The largest absolute Gasteiger partial charge is 0.490 e. The standard InChI is InChI=1S/C16H22N2O3/c1-3-12(2)17-15(19)8-9-16(20)18-10-11-21-14-7-5-4-6-13(14)18/h4-7,12H,3,8-11H2,1-2H3,(H,17,19). The predicted molar refractivity (Wildman–Crippen MR) is 81.4 cm³/mol. The molecule has 1 unspecified atom stereocenters. The van der Waals surface area contributed by atoms with Crippen LogP contribution >= 0.6 is 0 Å². The molecular formula is C16H22N2O3. The van der Waals surface area contributed by atoms with Gasteiger partial charge in [-0.25, -0.2) is 0 Å². The van der Waals surface area contributed by atoms with Gasteiger partial charge in [0.1, 0.15) is 12.4 Å². The molecule has 1 aromatic carbocycles. The molecule has 1 aliphatic rings. The lowest BCUT2D eigenvalue weighted by molar-refractivity contribution is -0.125. The van der Waals surface area contributed by atoms with Crippen LogP contribution in [0.4, 0.5) is 5.69 Å². The summed E-state index contributed by atoms with van der Waals surface area (Å²) in [7, 11) is 0. The zero-order chi connectivity index (χ0) is 15.2. The molecule has 5 nitrogen and oxygen atoms in total. The van der Waals surface area contributed by atoms with Crippen LogP contribution in [0, 0.1) is 0 Å². The molecule has 21 heavy (non-hydrogen) atoms. The van der Waals surface area contributed by atoms with Crippen molar-refractivity contribution in [2.24, 2.45) is 0 Å². The third-order valence-corrected chi connectivity index (χ3v) is 3.62. The topological polar surface area (TPSA) is 58.6 Å². The van der Waals surface area contributed by atoms with Crippen LogP contribution < -0.4 is 15.0 Å². The zero-order valence-corrected chi connectivity index (χ0v) is 12.6. The van der Waals surface area contributed by atoms with Crippen LogP contribution in [0.15, 0.2) is 24.3 Å². The van der Waals surface area contributed by atoms with E-state index >= 15 is 0 Å². The van der Waals surface area contributed by atoms with E-state index in [1.807, 2.05) is 38.1 Å². The van der Waals surface area contributed by atoms with Gasteiger partial charge in [-0.2, -0.15) is 0 Å². The van der Waals surface area contributed by atoms with E-state index in [0.717, 1.165) is 17.9 Å². The van der Waals surface area contributed by atoms with Crippen molar-refractivity contribution >= 4 is 17.5 Å². The van der Waals surface area contributed by atoms with Crippen LogP contribution in [0.2, 0.25) is 0 Å². The highest BCUT2D eigenvalue weighted by molar-refractivity contribution is 5.97. The lowest BCUT2D eigenvalue weighted by atomic mass is 10.2.